The highest BCUT2D eigenvalue weighted by molar-refractivity contribution is 5.80. The van der Waals surface area contributed by atoms with E-state index in [2.05, 4.69) is 15.3 Å². The van der Waals surface area contributed by atoms with E-state index >= 15 is 8.78 Å². The summed E-state index contributed by atoms with van der Waals surface area (Å²) in [7, 11) is 1.95. The zero-order valence-electron chi connectivity index (χ0n) is 23.2. The molecule has 0 saturated carbocycles. The number of morpholine rings is 1. The van der Waals surface area contributed by atoms with Gasteiger partial charge in [0, 0.05) is 68.3 Å². The third-order valence-electron chi connectivity index (χ3n) is 7.79. The van der Waals surface area contributed by atoms with E-state index in [-0.39, 0.29) is 18.0 Å². The van der Waals surface area contributed by atoms with Gasteiger partial charge in [-0.25, -0.2) is 13.8 Å². The van der Waals surface area contributed by atoms with Crippen molar-refractivity contribution in [2.45, 2.75) is 20.0 Å². The lowest BCUT2D eigenvalue weighted by Gasteiger charge is -2.32. The molecule has 4 heterocycles. The van der Waals surface area contributed by atoms with E-state index in [0.717, 1.165) is 28.7 Å². The molecule has 1 N–H and O–H groups in total. The molecule has 11 heteroatoms. The summed E-state index contributed by atoms with van der Waals surface area (Å²) in [6.07, 6.45) is 3.41. The Morgan fingerprint density at radius 2 is 1.78 bits per heavy atom. The zero-order valence-corrected chi connectivity index (χ0v) is 23.2. The highest BCUT2D eigenvalue weighted by Crippen LogP contribution is 2.26. The minimum atomic E-state index is -0.591. The minimum Gasteiger partial charge on any atom is -0.379 e. The van der Waals surface area contributed by atoms with Gasteiger partial charge in [-0.3, -0.25) is 14.6 Å². The topological polar surface area (TPSA) is 78.8 Å². The smallest absolute Gasteiger partial charge is 0.237 e. The third-order valence-corrected chi connectivity index (χ3v) is 7.79. The van der Waals surface area contributed by atoms with Gasteiger partial charge in [0.25, 0.3) is 0 Å². The molecule has 4 aromatic rings. The number of hydrogen-bond donors (Lipinski definition) is 1. The number of carbonyl (C=O) groups excluding carboxylic acids is 1. The lowest BCUT2D eigenvalue weighted by molar-refractivity contribution is -0.136. The van der Waals surface area contributed by atoms with Crippen molar-refractivity contribution in [3.05, 3.63) is 77.1 Å². The largest absolute Gasteiger partial charge is 0.379 e. The van der Waals surface area contributed by atoms with Crippen LogP contribution < -0.4 is 5.32 Å². The van der Waals surface area contributed by atoms with E-state index in [0.29, 0.717) is 63.2 Å². The van der Waals surface area contributed by atoms with E-state index in [9.17, 15) is 4.79 Å². The Morgan fingerprint density at radius 3 is 2.54 bits per heavy atom. The number of piperazine rings is 1. The van der Waals surface area contributed by atoms with Crippen LogP contribution in [0, 0.1) is 18.6 Å². The molecule has 0 spiro atoms. The molecule has 2 fully saturated rings. The molecule has 0 atom stereocenters. The number of aromatic nitrogens is 3. The van der Waals surface area contributed by atoms with Gasteiger partial charge in [-0.15, -0.1) is 0 Å². The summed E-state index contributed by atoms with van der Waals surface area (Å²) in [5.41, 5.74) is 3.85. The van der Waals surface area contributed by atoms with E-state index in [4.69, 9.17) is 4.74 Å². The number of anilines is 2. The lowest BCUT2D eigenvalue weighted by Crippen LogP contribution is -2.48. The fourth-order valence-electron chi connectivity index (χ4n) is 5.30. The minimum absolute atomic E-state index is 0.0533. The molecule has 41 heavy (non-hydrogen) atoms. The second-order valence-electron chi connectivity index (χ2n) is 10.8. The maximum absolute atomic E-state index is 15.1. The zero-order chi connectivity index (χ0) is 28.5. The first-order valence-corrected chi connectivity index (χ1v) is 13.8. The molecule has 2 aromatic carbocycles. The fourth-order valence-corrected chi connectivity index (χ4v) is 5.30. The maximum Gasteiger partial charge on any atom is 0.237 e. The number of aryl methyl sites for hydroxylation is 1. The highest BCUT2D eigenvalue weighted by atomic mass is 19.1. The number of benzene rings is 2. The number of halogens is 2. The molecule has 0 bridgehead atoms. The van der Waals surface area contributed by atoms with Gasteiger partial charge in [0.15, 0.2) is 0 Å². The summed E-state index contributed by atoms with van der Waals surface area (Å²) in [5, 5.41) is 4.00. The molecule has 2 aliphatic rings. The molecule has 0 radical (unpaired) electrons. The van der Waals surface area contributed by atoms with Crippen LogP contribution in [-0.2, 0) is 22.6 Å². The number of fused-ring (bicyclic) bond motifs is 1. The van der Waals surface area contributed by atoms with Gasteiger partial charge in [-0.1, -0.05) is 6.07 Å². The summed E-state index contributed by atoms with van der Waals surface area (Å²) < 4.78 is 37.2. The Morgan fingerprint density at radius 1 is 1.00 bits per heavy atom. The molecule has 9 nitrogen and oxygen atoms in total. The van der Waals surface area contributed by atoms with Crippen molar-refractivity contribution in [2.75, 3.05) is 58.3 Å². The molecular formula is C30H33F2N7O2. The van der Waals surface area contributed by atoms with Crippen LogP contribution in [0.5, 0.6) is 0 Å². The number of nitrogens with zero attached hydrogens (tertiary/aromatic N) is 6. The number of hydrogen-bond acceptors (Lipinski definition) is 7. The molecule has 2 aromatic heterocycles. The molecule has 0 aliphatic carbocycles. The van der Waals surface area contributed by atoms with Gasteiger partial charge in [-0.05, 0) is 55.4 Å². The maximum atomic E-state index is 15.1. The van der Waals surface area contributed by atoms with Gasteiger partial charge in [-0.2, -0.15) is 4.98 Å². The number of amides is 1. The highest BCUT2D eigenvalue weighted by Gasteiger charge is 2.22. The van der Waals surface area contributed by atoms with Crippen LogP contribution >= 0.6 is 0 Å². The summed E-state index contributed by atoms with van der Waals surface area (Å²) in [6.45, 7) is 7.14. The van der Waals surface area contributed by atoms with Crippen LogP contribution in [0.15, 0.2) is 48.8 Å². The van der Waals surface area contributed by atoms with Crippen molar-refractivity contribution in [3.8, 4) is 5.69 Å². The van der Waals surface area contributed by atoms with Gasteiger partial charge in [0.1, 0.15) is 17.3 Å². The van der Waals surface area contributed by atoms with E-state index < -0.39 is 11.6 Å². The second-order valence-corrected chi connectivity index (χ2v) is 10.8. The first-order chi connectivity index (χ1) is 19.8. The molecule has 2 saturated heterocycles. The quantitative estimate of drug-likeness (QED) is 0.367. The SMILES string of the molecule is Cc1ccc(Nc2ncc3ccn(-c4cc(F)c(CN5CCOCC5)c(F)c4)c3n2)cc1CN1CCN(C)CC1=O. The molecular weight excluding hydrogens is 528 g/mol. The molecule has 0 unspecified atom stereocenters. The standard InChI is InChI=1S/C30H33F2N7O2/c1-20-3-4-23(13-22(20)17-38-8-7-36(2)19-28(38)40)34-30-33-16-21-5-6-39(29(21)35-30)24-14-26(31)25(27(32)15-24)18-37-9-11-41-12-10-37/h3-6,13-16H,7-12,17-19H2,1-2H3,(H,33,34,35). The van der Waals surface area contributed by atoms with Crippen molar-refractivity contribution >= 4 is 28.6 Å². The van der Waals surface area contributed by atoms with Crippen LogP contribution in [-0.4, -0.2) is 88.1 Å². The Bertz CT molecular complexity index is 1560. The molecule has 1 amide bonds. The Kier molecular flexibility index (Phi) is 7.65. The Labute approximate surface area is 237 Å². The van der Waals surface area contributed by atoms with Crippen LogP contribution in [0.2, 0.25) is 0 Å². The average molecular weight is 562 g/mol. The van der Waals surface area contributed by atoms with Gasteiger partial charge >= 0.3 is 0 Å². The first kappa shape index (κ1) is 27.3. The predicted octanol–water partition coefficient (Wildman–Crippen LogP) is 3.86. The van der Waals surface area contributed by atoms with Crippen molar-refractivity contribution in [1.82, 2.24) is 29.2 Å². The van der Waals surface area contributed by atoms with E-state index in [1.807, 2.05) is 52.9 Å². The Hall–Kier alpha value is -3.93. The summed E-state index contributed by atoms with van der Waals surface area (Å²) in [4.78, 5) is 27.5. The second kappa shape index (κ2) is 11.5. The van der Waals surface area contributed by atoms with Gasteiger partial charge in [0.05, 0.1) is 25.4 Å². The van der Waals surface area contributed by atoms with E-state index in [1.54, 1.807) is 17.0 Å². The monoisotopic (exact) mass is 561 g/mol. The van der Waals surface area contributed by atoms with E-state index in [1.165, 1.54) is 12.1 Å². The predicted molar refractivity (Wildman–Crippen MR) is 152 cm³/mol. The third kappa shape index (κ3) is 5.92. The van der Waals surface area contributed by atoms with Crippen LogP contribution in [0.3, 0.4) is 0 Å². The number of rotatable bonds is 7. The summed E-state index contributed by atoms with van der Waals surface area (Å²) >= 11 is 0. The molecule has 6 rings (SSSR count). The first-order valence-electron chi connectivity index (χ1n) is 13.8. The Balaban J connectivity index is 1.23. The molecule has 214 valence electrons. The summed E-state index contributed by atoms with van der Waals surface area (Å²) in [5.74, 6) is -0.709. The number of nitrogens with one attached hydrogen (secondary N) is 1. The van der Waals surface area contributed by atoms with Gasteiger partial charge < -0.3 is 19.5 Å². The lowest BCUT2D eigenvalue weighted by atomic mass is 10.1. The summed E-state index contributed by atoms with van der Waals surface area (Å²) in [6, 6.07) is 10.5. The number of carbonyl (C=O) groups is 1. The van der Waals surface area contributed by atoms with Crippen LogP contribution in [0.1, 0.15) is 16.7 Å². The molecule has 2 aliphatic heterocycles. The number of likely N-dealkylation sites (N-methyl/N-ethyl adjacent to an activating group) is 1. The normalized spacial score (nSPS) is 17.0. The van der Waals surface area contributed by atoms with Crippen molar-refractivity contribution in [2.24, 2.45) is 0 Å². The van der Waals surface area contributed by atoms with Gasteiger partial charge in [0.2, 0.25) is 11.9 Å². The van der Waals surface area contributed by atoms with Crippen LogP contribution in [0.4, 0.5) is 20.4 Å². The van der Waals surface area contributed by atoms with Crippen LogP contribution in [0.25, 0.3) is 16.7 Å². The van der Waals surface area contributed by atoms with Crippen molar-refractivity contribution < 1.29 is 18.3 Å². The fraction of sp³-hybridized carbons (Fsp3) is 0.367. The van der Waals surface area contributed by atoms with Crippen molar-refractivity contribution in [1.29, 1.82) is 0 Å². The average Bonchev–Trinajstić information content (AvgIpc) is 3.38. The van der Waals surface area contributed by atoms with Crippen molar-refractivity contribution in [3.63, 3.8) is 0 Å². The number of ether oxygens (including phenoxy) is 1.